The summed E-state index contributed by atoms with van der Waals surface area (Å²) < 4.78 is 0. The standard InChI is InChI=1S/C18H22N4O/c23-18(19-11-10-15-6-2-1-3-7-15)21-16-8-9-17(20-14-16)22-12-4-5-13-22/h1-3,6-9,14H,4-5,10-13H2,(H2,19,21,23). The Kier molecular flexibility index (Phi) is 5.09. The molecule has 2 heterocycles. The molecule has 2 amide bonds. The minimum Gasteiger partial charge on any atom is -0.357 e. The third kappa shape index (κ3) is 4.45. The summed E-state index contributed by atoms with van der Waals surface area (Å²) in [5.41, 5.74) is 1.93. The van der Waals surface area contributed by atoms with E-state index in [1.807, 2.05) is 30.3 Å². The van der Waals surface area contributed by atoms with Gasteiger partial charge in [-0.2, -0.15) is 0 Å². The van der Waals surface area contributed by atoms with E-state index in [9.17, 15) is 4.79 Å². The smallest absolute Gasteiger partial charge is 0.319 e. The number of aromatic nitrogens is 1. The number of hydrogen-bond acceptors (Lipinski definition) is 3. The fourth-order valence-electron chi connectivity index (χ4n) is 2.73. The number of hydrogen-bond donors (Lipinski definition) is 2. The second-order valence-electron chi connectivity index (χ2n) is 5.72. The van der Waals surface area contributed by atoms with Crippen LogP contribution in [0.1, 0.15) is 18.4 Å². The fraction of sp³-hybridized carbons (Fsp3) is 0.333. The zero-order valence-electron chi connectivity index (χ0n) is 13.2. The first kappa shape index (κ1) is 15.3. The largest absolute Gasteiger partial charge is 0.357 e. The molecule has 0 bridgehead atoms. The number of rotatable bonds is 5. The fourth-order valence-corrected chi connectivity index (χ4v) is 2.73. The quantitative estimate of drug-likeness (QED) is 0.892. The molecule has 0 aliphatic carbocycles. The molecule has 1 aliphatic heterocycles. The number of nitrogens with one attached hydrogen (secondary N) is 2. The first-order valence-electron chi connectivity index (χ1n) is 8.11. The summed E-state index contributed by atoms with van der Waals surface area (Å²) in [4.78, 5) is 18.6. The van der Waals surface area contributed by atoms with E-state index >= 15 is 0 Å². The second kappa shape index (κ2) is 7.63. The highest BCUT2D eigenvalue weighted by Crippen LogP contribution is 2.18. The molecule has 0 atom stereocenters. The molecule has 1 fully saturated rings. The van der Waals surface area contributed by atoms with Gasteiger partial charge in [0.05, 0.1) is 11.9 Å². The van der Waals surface area contributed by atoms with Crippen molar-refractivity contribution in [1.82, 2.24) is 10.3 Å². The van der Waals surface area contributed by atoms with E-state index in [1.165, 1.54) is 18.4 Å². The van der Waals surface area contributed by atoms with Gasteiger partial charge >= 0.3 is 6.03 Å². The van der Waals surface area contributed by atoms with Crippen molar-refractivity contribution in [3.8, 4) is 0 Å². The monoisotopic (exact) mass is 310 g/mol. The van der Waals surface area contributed by atoms with Crippen LogP contribution >= 0.6 is 0 Å². The molecule has 0 saturated carbocycles. The Morgan fingerprint density at radius 2 is 1.87 bits per heavy atom. The van der Waals surface area contributed by atoms with Crippen LogP contribution in [0.3, 0.4) is 0 Å². The second-order valence-corrected chi connectivity index (χ2v) is 5.72. The van der Waals surface area contributed by atoms with Gasteiger partial charge < -0.3 is 15.5 Å². The summed E-state index contributed by atoms with van der Waals surface area (Å²) >= 11 is 0. The topological polar surface area (TPSA) is 57.3 Å². The molecular weight excluding hydrogens is 288 g/mol. The highest BCUT2D eigenvalue weighted by atomic mass is 16.2. The number of nitrogens with zero attached hydrogens (tertiary/aromatic N) is 2. The van der Waals surface area contributed by atoms with E-state index in [-0.39, 0.29) is 6.03 Å². The molecular formula is C18H22N4O. The SMILES string of the molecule is O=C(NCCc1ccccc1)Nc1ccc(N2CCCC2)nc1. The maximum absolute atomic E-state index is 11.9. The summed E-state index contributed by atoms with van der Waals surface area (Å²) in [5.74, 6) is 0.984. The predicted octanol–water partition coefficient (Wildman–Crippen LogP) is 3.05. The Balaban J connectivity index is 1.44. The summed E-state index contributed by atoms with van der Waals surface area (Å²) in [7, 11) is 0. The summed E-state index contributed by atoms with van der Waals surface area (Å²) in [6.45, 7) is 2.74. The van der Waals surface area contributed by atoms with Crippen LogP contribution in [0.25, 0.3) is 0 Å². The van der Waals surface area contributed by atoms with Crippen LogP contribution < -0.4 is 15.5 Å². The minimum absolute atomic E-state index is 0.198. The highest BCUT2D eigenvalue weighted by Gasteiger charge is 2.13. The van der Waals surface area contributed by atoms with Gasteiger partial charge in [0.1, 0.15) is 5.82 Å². The number of carbonyl (C=O) groups excluding carboxylic acids is 1. The van der Waals surface area contributed by atoms with Gasteiger partial charge in [-0.3, -0.25) is 0 Å². The van der Waals surface area contributed by atoms with Crippen molar-refractivity contribution in [2.75, 3.05) is 29.9 Å². The Labute approximate surface area is 136 Å². The lowest BCUT2D eigenvalue weighted by Gasteiger charge is -2.16. The number of urea groups is 1. The lowest BCUT2D eigenvalue weighted by Crippen LogP contribution is -2.30. The van der Waals surface area contributed by atoms with Crippen molar-refractivity contribution in [2.24, 2.45) is 0 Å². The minimum atomic E-state index is -0.198. The van der Waals surface area contributed by atoms with Crippen molar-refractivity contribution < 1.29 is 4.79 Å². The molecule has 0 spiro atoms. The first-order valence-corrected chi connectivity index (χ1v) is 8.11. The molecule has 1 aromatic carbocycles. The van der Waals surface area contributed by atoms with Gasteiger partial charge in [0.2, 0.25) is 0 Å². The van der Waals surface area contributed by atoms with Crippen molar-refractivity contribution >= 4 is 17.5 Å². The van der Waals surface area contributed by atoms with Gasteiger partial charge in [0, 0.05) is 19.6 Å². The van der Waals surface area contributed by atoms with Crippen LogP contribution in [0.15, 0.2) is 48.7 Å². The Morgan fingerprint density at radius 1 is 1.09 bits per heavy atom. The van der Waals surface area contributed by atoms with Gasteiger partial charge in [-0.15, -0.1) is 0 Å². The van der Waals surface area contributed by atoms with Crippen molar-refractivity contribution in [1.29, 1.82) is 0 Å². The maximum Gasteiger partial charge on any atom is 0.319 e. The van der Waals surface area contributed by atoms with Gasteiger partial charge in [-0.25, -0.2) is 9.78 Å². The van der Waals surface area contributed by atoms with Crippen LogP contribution in [-0.4, -0.2) is 30.6 Å². The molecule has 1 aliphatic rings. The predicted molar refractivity (Wildman–Crippen MR) is 92.9 cm³/mol. The number of pyridine rings is 1. The molecule has 1 saturated heterocycles. The van der Waals surface area contributed by atoms with Gasteiger partial charge in [0.25, 0.3) is 0 Å². The summed E-state index contributed by atoms with van der Waals surface area (Å²) in [6, 6.07) is 13.8. The molecule has 5 heteroatoms. The third-order valence-corrected chi connectivity index (χ3v) is 3.98. The van der Waals surface area contributed by atoms with Gasteiger partial charge in [-0.05, 0) is 37.0 Å². The molecule has 2 N–H and O–H groups in total. The van der Waals surface area contributed by atoms with E-state index in [4.69, 9.17) is 0 Å². The molecule has 3 rings (SSSR count). The Bertz CT molecular complexity index is 621. The first-order chi connectivity index (χ1) is 11.3. The number of carbonyl (C=O) groups is 1. The Hall–Kier alpha value is -2.56. The maximum atomic E-state index is 11.9. The van der Waals surface area contributed by atoms with E-state index in [2.05, 4.69) is 32.7 Å². The summed E-state index contributed by atoms with van der Waals surface area (Å²) in [6.07, 6.45) is 4.99. The lowest BCUT2D eigenvalue weighted by molar-refractivity contribution is 0.252. The van der Waals surface area contributed by atoms with Crippen molar-refractivity contribution in [3.05, 3.63) is 54.2 Å². The number of benzene rings is 1. The van der Waals surface area contributed by atoms with Crippen LogP contribution in [0, 0.1) is 0 Å². The Morgan fingerprint density at radius 3 is 2.57 bits per heavy atom. The van der Waals surface area contributed by atoms with Crippen LogP contribution in [0.5, 0.6) is 0 Å². The molecule has 2 aromatic rings. The van der Waals surface area contributed by atoms with Crippen molar-refractivity contribution in [2.45, 2.75) is 19.3 Å². The summed E-state index contributed by atoms with van der Waals surface area (Å²) in [5, 5.41) is 5.68. The zero-order chi connectivity index (χ0) is 15.9. The molecule has 23 heavy (non-hydrogen) atoms. The number of amides is 2. The molecule has 0 unspecified atom stereocenters. The average molecular weight is 310 g/mol. The normalized spacial score (nSPS) is 13.8. The van der Waals surface area contributed by atoms with E-state index in [0.29, 0.717) is 12.2 Å². The van der Waals surface area contributed by atoms with Crippen LogP contribution in [0.2, 0.25) is 0 Å². The molecule has 1 aromatic heterocycles. The number of anilines is 2. The van der Waals surface area contributed by atoms with Crippen LogP contribution in [-0.2, 0) is 6.42 Å². The molecule has 5 nitrogen and oxygen atoms in total. The highest BCUT2D eigenvalue weighted by molar-refractivity contribution is 5.89. The third-order valence-electron chi connectivity index (χ3n) is 3.98. The van der Waals surface area contributed by atoms with E-state index in [0.717, 1.165) is 25.3 Å². The van der Waals surface area contributed by atoms with Gasteiger partial charge in [0.15, 0.2) is 0 Å². The molecule has 0 radical (unpaired) electrons. The average Bonchev–Trinajstić information content (AvgIpc) is 3.11. The van der Waals surface area contributed by atoms with E-state index < -0.39 is 0 Å². The zero-order valence-corrected chi connectivity index (χ0v) is 13.2. The van der Waals surface area contributed by atoms with Crippen molar-refractivity contribution in [3.63, 3.8) is 0 Å². The molecule has 120 valence electrons. The lowest BCUT2D eigenvalue weighted by atomic mass is 10.1. The van der Waals surface area contributed by atoms with E-state index in [1.54, 1.807) is 6.20 Å². The van der Waals surface area contributed by atoms with Gasteiger partial charge in [-0.1, -0.05) is 30.3 Å². The van der Waals surface area contributed by atoms with Crippen LogP contribution in [0.4, 0.5) is 16.3 Å².